The Morgan fingerprint density at radius 2 is 1.68 bits per heavy atom. The van der Waals surface area contributed by atoms with E-state index in [0.29, 0.717) is 17.7 Å². The summed E-state index contributed by atoms with van der Waals surface area (Å²) in [7, 11) is -3.33. The number of hydrogen-bond donors (Lipinski definition) is 0. The fraction of sp³-hybridized carbons (Fsp3) is 0.412. The van der Waals surface area contributed by atoms with E-state index in [4.69, 9.17) is 0 Å². The molecule has 0 aliphatic heterocycles. The molecule has 0 radical (unpaired) electrons. The Morgan fingerprint density at radius 1 is 1.14 bits per heavy atom. The summed E-state index contributed by atoms with van der Waals surface area (Å²) >= 11 is 0. The first-order valence-corrected chi connectivity index (χ1v) is 8.86. The number of benzene rings is 1. The minimum atomic E-state index is -3.33. The fourth-order valence-corrected chi connectivity index (χ4v) is 3.92. The SMILES string of the molecule is C=C[C@H](CCCS(=O)(=O)c1ccccc1)C(C(C)=O)C(C)=O. The second-order valence-corrected chi connectivity index (χ2v) is 7.48. The van der Waals surface area contributed by atoms with Crippen LogP contribution in [0.3, 0.4) is 0 Å². The van der Waals surface area contributed by atoms with Crippen LogP contribution in [0.5, 0.6) is 0 Å². The van der Waals surface area contributed by atoms with Gasteiger partial charge in [-0.1, -0.05) is 24.3 Å². The average molecular weight is 322 g/mol. The third-order valence-electron chi connectivity index (χ3n) is 3.66. The number of ketones is 2. The fourth-order valence-electron chi connectivity index (χ4n) is 2.56. The molecule has 0 unspecified atom stereocenters. The number of rotatable bonds is 9. The normalized spacial score (nSPS) is 12.9. The number of hydrogen-bond acceptors (Lipinski definition) is 4. The van der Waals surface area contributed by atoms with Gasteiger partial charge in [-0.25, -0.2) is 8.42 Å². The van der Waals surface area contributed by atoms with Crippen LogP contribution in [0, 0.1) is 11.8 Å². The van der Waals surface area contributed by atoms with Gasteiger partial charge in [-0.15, -0.1) is 6.58 Å². The van der Waals surface area contributed by atoms with E-state index in [1.54, 1.807) is 36.4 Å². The molecule has 4 nitrogen and oxygen atoms in total. The first-order chi connectivity index (χ1) is 10.3. The monoisotopic (exact) mass is 322 g/mol. The number of carbonyl (C=O) groups excluding carboxylic acids is 2. The smallest absolute Gasteiger partial charge is 0.178 e. The Bertz CT molecular complexity index is 618. The van der Waals surface area contributed by atoms with Crippen LogP contribution in [0.15, 0.2) is 47.9 Å². The highest BCUT2D eigenvalue weighted by Gasteiger charge is 2.27. The van der Waals surface area contributed by atoms with Crippen molar-refractivity contribution in [2.45, 2.75) is 31.6 Å². The lowest BCUT2D eigenvalue weighted by Gasteiger charge is -2.19. The van der Waals surface area contributed by atoms with Crippen LogP contribution in [-0.4, -0.2) is 25.7 Å². The molecule has 0 heterocycles. The molecule has 1 aromatic rings. The molecule has 0 aliphatic rings. The molecule has 0 N–H and O–H groups in total. The lowest BCUT2D eigenvalue weighted by molar-refractivity contribution is -0.131. The summed E-state index contributed by atoms with van der Waals surface area (Å²) in [6.07, 6.45) is 2.40. The van der Waals surface area contributed by atoms with Gasteiger partial charge < -0.3 is 0 Å². The second-order valence-electron chi connectivity index (χ2n) is 5.37. The lowest BCUT2D eigenvalue weighted by Crippen LogP contribution is -2.27. The number of Topliss-reactive ketones (excluding diaryl/α,β-unsaturated/α-hetero) is 2. The highest BCUT2D eigenvalue weighted by Crippen LogP contribution is 2.22. The summed E-state index contributed by atoms with van der Waals surface area (Å²) < 4.78 is 24.4. The van der Waals surface area contributed by atoms with E-state index in [2.05, 4.69) is 6.58 Å². The Hall–Kier alpha value is -1.75. The Balaban J connectivity index is 2.70. The maximum Gasteiger partial charge on any atom is 0.178 e. The van der Waals surface area contributed by atoms with Gasteiger partial charge in [-0.3, -0.25) is 9.59 Å². The van der Waals surface area contributed by atoms with Gasteiger partial charge in [0.05, 0.1) is 16.6 Å². The first-order valence-electron chi connectivity index (χ1n) is 7.21. The van der Waals surface area contributed by atoms with Gasteiger partial charge >= 0.3 is 0 Å². The van der Waals surface area contributed by atoms with Crippen LogP contribution in [0.25, 0.3) is 0 Å². The van der Waals surface area contributed by atoms with Gasteiger partial charge in [0.25, 0.3) is 0 Å². The molecule has 22 heavy (non-hydrogen) atoms. The minimum Gasteiger partial charge on any atom is -0.299 e. The first kappa shape index (κ1) is 18.3. The number of sulfone groups is 1. The highest BCUT2D eigenvalue weighted by molar-refractivity contribution is 7.91. The maximum absolute atomic E-state index is 12.2. The molecule has 1 aromatic carbocycles. The highest BCUT2D eigenvalue weighted by atomic mass is 32.2. The molecule has 1 atom stereocenters. The standard InChI is InChI=1S/C17H22O4S/c1-4-15(17(13(2)18)14(3)19)9-8-12-22(20,21)16-10-6-5-7-11-16/h4-7,10-11,15,17H,1,8-9,12H2,2-3H3/t15-/m1/s1. The molecule has 0 aliphatic carbocycles. The third-order valence-corrected chi connectivity index (χ3v) is 5.48. The van der Waals surface area contributed by atoms with Crippen LogP contribution in [0.4, 0.5) is 0 Å². The van der Waals surface area contributed by atoms with Crippen LogP contribution in [0.1, 0.15) is 26.7 Å². The molecule has 0 aromatic heterocycles. The second kappa shape index (κ2) is 8.03. The average Bonchev–Trinajstić information content (AvgIpc) is 2.46. The molecule has 0 bridgehead atoms. The summed E-state index contributed by atoms with van der Waals surface area (Å²) in [6.45, 7) is 6.42. The number of allylic oxidation sites excluding steroid dienone is 1. The van der Waals surface area contributed by atoms with Crippen molar-refractivity contribution in [1.82, 2.24) is 0 Å². The molecule has 0 amide bonds. The van der Waals surface area contributed by atoms with E-state index in [1.165, 1.54) is 13.8 Å². The van der Waals surface area contributed by atoms with Crippen molar-refractivity contribution < 1.29 is 18.0 Å². The summed E-state index contributed by atoms with van der Waals surface area (Å²) in [5.74, 6) is -1.46. The molecule has 0 spiro atoms. The molecule has 0 saturated carbocycles. The van der Waals surface area contributed by atoms with Crippen molar-refractivity contribution in [3.05, 3.63) is 43.0 Å². The topological polar surface area (TPSA) is 68.3 Å². The summed E-state index contributed by atoms with van der Waals surface area (Å²) in [5.41, 5.74) is 0. The van der Waals surface area contributed by atoms with E-state index in [1.807, 2.05) is 0 Å². The zero-order chi connectivity index (χ0) is 16.8. The van der Waals surface area contributed by atoms with Crippen LogP contribution in [-0.2, 0) is 19.4 Å². The molecular weight excluding hydrogens is 300 g/mol. The maximum atomic E-state index is 12.2. The van der Waals surface area contributed by atoms with Crippen molar-refractivity contribution in [3.63, 3.8) is 0 Å². The summed E-state index contributed by atoms with van der Waals surface area (Å²) in [5, 5.41) is 0. The summed E-state index contributed by atoms with van der Waals surface area (Å²) in [6, 6.07) is 8.25. The molecule has 5 heteroatoms. The molecule has 1 rings (SSSR count). The predicted molar refractivity (Wildman–Crippen MR) is 86.3 cm³/mol. The molecular formula is C17H22O4S. The van der Waals surface area contributed by atoms with E-state index in [9.17, 15) is 18.0 Å². The lowest BCUT2D eigenvalue weighted by atomic mass is 9.83. The van der Waals surface area contributed by atoms with Crippen LogP contribution in [0.2, 0.25) is 0 Å². The van der Waals surface area contributed by atoms with E-state index >= 15 is 0 Å². The van der Waals surface area contributed by atoms with Crippen molar-refractivity contribution >= 4 is 21.4 Å². The van der Waals surface area contributed by atoms with Gasteiger partial charge in [-0.05, 0) is 44.7 Å². The van der Waals surface area contributed by atoms with Crippen LogP contribution < -0.4 is 0 Å². The quantitative estimate of drug-likeness (QED) is 0.518. The largest absolute Gasteiger partial charge is 0.299 e. The van der Waals surface area contributed by atoms with Crippen LogP contribution >= 0.6 is 0 Å². The zero-order valence-corrected chi connectivity index (χ0v) is 13.8. The van der Waals surface area contributed by atoms with Crippen molar-refractivity contribution in [2.75, 3.05) is 5.75 Å². The van der Waals surface area contributed by atoms with E-state index in [0.717, 1.165) is 0 Å². The van der Waals surface area contributed by atoms with E-state index in [-0.39, 0.29) is 23.2 Å². The summed E-state index contributed by atoms with van der Waals surface area (Å²) in [4.78, 5) is 23.5. The van der Waals surface area contributed by atoms with Crippen molar-refractivity contribution in [1.29, 1.82) is 0 Å². The van der Waals surface area contributed by atoms with Crippen molar-refractivity contribution in [2.24, 2.45) is 11.8 Å². The molecule has 120 valence electrons. The Morgan fingerprint density at radius 3 is 2.14 bits per heavy atom. The van der Waals surface area contributed by atoms with Crippen molar-refractivity contribution in [3.8, 4) is 0 Å². The van der Waals surface area contributed by atoms with Gasteiger partial charge in [0.2, 0.25) is 0 Å². The van der Waals surface area contributed by atoms with E-state index < -0.39 is 15.8 Å². The minimum absolute atomic E-state index is 0.0100. The Kier molecular flexibility index (Phi) is 6.68. The zero-order valence-electron chi connectivity index (χ0n) is 13.0. The predicted octanol–water partition coefficient (Wildman–Crippen LogP) is 2.84. The third kappa shape index (κ3) is 4.91. The molecule has 0 saturated heterocycles. The van der Waals surface area contributed by atoms with Gasteiger partial charge in [0, 0.05) is 0 Å². The van der Waals surface area contributed by atoms with Gasteiger partial charge in [-0.2, -0.15) is 0 Å². The van der Waals surface area contributed by atoms with Gasteiger partial charge in [0.15, 0.2) is 9.84 Å². The molecule has 0 fully saturated rings. The number of carbonyl (C=O) groups is 2. The van der Waals surface area contributed by atoms with Gasteiger partial charge in [0.1, 0.15) is 11.6 Å². The Labute approximate surface area is 132 Å².